The third kappa shape index (κ3) is 4.05. The van der Waals surface area contributed by atoms with E-state index in [2.05, 4.69) is 12.1 Å². The molecule has 0 aliphatic carbocycles. The van der Waals surface area contributed by atoms with Gasteiger partial charge in [0.15, 0.2) is 11.5 Å². The summed E-state index contributed by atoms with van der Waals surface area (Å²) in [5, 5.41) is 20.7. The summed E-state index contributed by atoms with van der Waals surface area (Å²) in [7, 11) is 1.54. The van der Waals surface area contributed by atoms with Crippen molar-refractivity contribution in [1.29, 1.82) is 0 Å². The Labute approximate surface area is 170 Å². The van der Waals surface area contributed by atoms with Gasteiger partial charge in [-0.05, 0) is 26.3 Å². The molecular weight excluding hydrogens is 542 g/mol. The number of fused-ring (bicyclic) bond motifs is 1. The minimum absolute atomic E-state index is 0. The van der Waals surface area contributed by atoms with Gasteiger partial charge in [-0.1, -0.05) is 17.2 Å². The summed E-state index contributed by atoms with van der Waals surface area (Å²) in [6.07, 6.45) is 2.70. The molecule has 0 atom stereocenters. The van der Waals surface area contributed by atoms with Crippen LogP contribution in [0.3, 0.4) is 0 Å². The molecule has 0 bridgehead atoms. The zero-order valence-electron chi connectivity index (χ0n) is 14.4. The number of benzene rings is 2. The number of methoxy groups -OCH3 is 1. The quantitative estimate of drug-likeness (QED) is 0.354. The molecule has 3 rings (SSSR count). The summed E-state index contributed by atoms with van der Waals surface area (Å²) >= 11 is 0. The van der Waals surface area contributed by atoms with Crippen LogP contribution < -0.4 is 4.74 Å². The molecule has 0 fully saturated rings. The second-order valence-corrected chi connectivity index (χ2v) is 5.90. The van der Waals surface area contributed by atoms with E-state index >= 15 is 0 Å². The van der Waals surface area contributed by atoms with E-state index in [1.165, 1.54) is 18.7 Å². The standard InChI is InChI=1S/C20H19O4.U/c1-12(2)7-8-15-16-10-18(13-5-4-6-14(21)9-13)24-19(16)11-17(22)20(15)23-3;/h5-7,9-11,21-22H,8H2,1-3H3;/q-1;. The van der Waals surface area contributed by atoms with Crippen molar-refractivity contribution >= 4 is 11.0 Å². The number of phenols is 2. The fourth-order valence-electron chi connectivity index (χ4n) is 2.70. The van der Waals surface area contributed by atoms with Crippen LogP contribution in [0.1, 0.15) is 19.4 Å². The Morgan fingerprint density at radius 1 is 1.20 bits per heavy atom. The topological polar surface area (TPSA) is 62.8 Å². The predicted molar refractivity (Wildman–Crippen MR) is 93.5 cm³/mol. The molecule has 1 aromatic heterocycles. The van der Waals surface area contributed by atoms with E-state index < -0.39 is 0 Å². The fourth-order valence-corrected chi connectivity index (χ4v) is 2.70. The maximum Gasteiger partial charge on any atom is 0.164 e. The molecule has 2 N–H and O–H groups in total. The predicted octanol–water partition coefficient (Wildman–Crippen LogP) is 4.83. The van der Waals surface area contributed by atoms with E-state index in [1.54, 1.807) is 18.2 Å². The van der Waals surface area contributed by atoms with E-state index in [4.69, 9.17) is 9.15 Å². The largest absolute Gasteiger partial charge is 0.566 e. The van der Waals surface area contributed by atoms with Gasteiger partial charge in [0.05, 0.1) is 12.9 Å². The van der Waals surface area contributed by atoms with E-state index in [-0.39, 0.29) is 42.6 Å². The number of ether oxygens (including phenoxy) is 1. The van der Waals surface area contributed by atoms with E-state index in [0.29, 0.717) is 23.5 Å². The van der Waals surface area contributed by atoms with Gasteiger partial charge in [0.25, 0.3) is 0 Å². The molecule has 0 aliphatic heterocycles. The molecule has 0 amide bonds. The molecule has 128 valence electrons. The van der Waals surface area contributed by atoms with Crippen molar-refractivity contribution in [2.75, 3.05) is 7.11 Å². The van der Waals surface area contributed by atoms with Gasteiger partial charge < -0.3 is 19.4 Å². The first-order chi connectivity index (χ1) is 11.5. The molecular formula is C20H19O4U-. The van der Waals surface area contributed by atoms with Gasteiger partial charge in [0, 0.05) is 53.9 Å². The molecule has 0 radical (unpaired) electrons. The number of furan rings is 1. The summed E-state index contributed by atoms with van der Waals surface area (Å²) in [4.78, 5) is 0. The summed E-state index contributed by atoms with van der Waals surface area (Å²) < 4.78 is 11.3. The van der Waals surface area contributed by atoms with Crippen LogP contribution in [0.2, 0.25) is 0 Å². The third-order valence-electron chi connectivity index (χ3n) is 3.84. The zero-order valence-corrected chi connectivity index (χ0v) is 18.5. The zero-order chi connectivity index (χ0) is 17.3. The van der Waals surface area contributed by atoms with Crippen LogP contribution in [0.15, 0.2) is 46.4 Å². The molecule has 0 saturated carbocycles. The number of hydrogen-bond acceptors (Lipinski definition) is 4. The average Bonchev–Trinajstić information content (AvgIpc) is 2.95. The van der Waals surface area contributed by atoms with Crippen LogP contribution >= 0.6 is 0 Å². The van der Waals surface area contributed by atoms with Crippen LogP contribution in [-0.4, -0.2) is 17.3 Å². The van der Waals surface area contributed by atoms with Crippen molar-refractivity contribution in [3.8, 4) is 28.6 Å². The van der Waals surface area contributed by atoms with Gasteiger partial charge in [-0.15, -0.1) is 12.1 Å². The first kappa shape index (κ1) is 19.5. The Morgan fingerprint density at radius 2 is 1.96 bits per heavy atom. The summed E-state index contributed by atoms with van der Waals surface area (Å²) in [6.45, 7) is 4.05. The second-order valence-electron chi connectivity index (χ2n) is 5.90. The smallest absolute Gasteiger partial charge is 0.164 e. The van der Waals surface area contributed by atoms with Gasteiger partial charge in [-0.25, -0.2) is 0 Å². The molecule has 0 aliphatic rings. The van der Waals surface area contributed by atoms with Crippen LogP contribution in [0.25, 0.3) is 22.3 Å². The van der Waals surface area contributed by atoms with Gasteiger partial charge in [0.2, 0.25) is 0 Å². The minimum Gasteiger partial charge on any atom is -0.566 e. The number of phenolic OH excluding ortho intramolecular Hbond substituents is 2. The number of rotatable bonds is 4. The molecule has 4 nitrogen and oxygen atoms in total. The Balaban J connectivity index is 0.00000225. The van der Waals surface area contributed by atoms with Crippen LogP contribution in [0.5, 0.6) is 17.2 Å². The molecule has 5 heteroatoms. The van der Waals surface area contributed by atoms with Crippen molar-refractivity contribution in [1.82, 2.24) is 0 Å². The first-order valence-electron chi connectivity index (χ1n) is 7.66. The third-order valence-corrected chi connectivity index (χ3v) is 3.84. The second kappa shape index (κ2) is 8.03. The van der Waals surface area contributed by atoms with Crippen molar-refractivity contribution in [3.63, 3.8) is 0 Å². The van der Waals surface area contributed by atoms with E-state index in [9.17, 15) is 10.2 Å². The Hall–Kier alpha value is -1.83. The SMILES string of the molecule is COc1c(O)cc2oc(-c3c[c-]cc(O)c3)cc2c1CC=C(C)C.[U]. The Bertz CT molecular complexity index is 921. The number of aromatic hydroxyl groups is 2. The number of allylic oxidation sites excluding steroid dienone is 2. The van der Waals surface area contributed by atoms with Gasteiger partial charge in [-0.2, -0.15) is 12.1 Å². The molecule has 0 spiro atoms. The molecule has 0 unspecified atom stereocenters. The maximum absolute atomic E-state index is 10.2. The van der Waals surface area contributed by atoms with Crippen LogP contribution in [0.4, 0.5) is 0 Å². The minimum atomic E-state index is 0. The summed E-state index contributed by atoms with van der Waals surface area (Å²) in [5.74, 6) is 1.22. The van der Waals surface area contributed by atoms with Crippen molar-refractivity contribution in [2.24, 2.45) is 0 Å². The monoisotopic (exact) mass is 561 g/mol. The molecule has 1 heterocycles. The Morgan fingerprint density at radius 3 is 2.60 bits per heavy atom. The summed E-state index contributed by atoms with van der Waals surface area (Å²) in [6, 6.07) is 11.2. The molecule has 25 heavy (non-hydrogen) atoms. The normalized spacial score (nSPS) is 10.4. The van der Waals surface area contributed by atoms with Crippen LogP contribution in [-0.2, 0) is 6.42 Å². The van der Waals surface area contributed by atoms with Crippen molar-refractivity contribution < 1.29 is 50.5 Å². The molecule has 3 aromatic rings. The van der Waals surface area contributed by atoms with Crippen LogP contribution in [0, 0.1) is 37.2 Å². The fraction of sp³-hybridized carbons (Fsp3) is 0.200. The van der Waals surface area contributed by atoms with E-state index in [0.717, 1.165) is 16.5 Å². The molecule has 2 aromatic carbocycles. The first-order valence-corrected chi connectivity index (χ1v) is 7.66. The van der Waals surface area contributed by atoms with Gasteiger partial charge >= 0.3 is 0 Å². The van der Waals surface area contributed by atoms with Crippen molar-refractivity contribution in [2.45, 2.75) is 20.3 Å². The van der Waals surface area contributed by atoms with Gasteiger partial charge in [0.1, 0.15) is 5.58 Å². The maximum atomic E-state index is 10.2. The van der Waals surface area contributed by atoms with Crippen molar-refractivity contribution in [3.05, 3.63) is 53.6 Å². The van der Waals surface area contributed by atoms with E-state index in [1.807, 2.05) is 19.9 Å². The summed E-state index contributed by atoms with van der Waals surface area (Å²) in [5.41, 5.74) is 3.34. The molecule has 0 saturated heterocycles. The van der Waals surface area contributed by atoms with Gasteiger partial charge in [-0.3, -0.25) is 0 Å². The Kier molecular flexibility index (Phi) is 6.27. The average molecular weight is 561 g/mol. The number of hydrogen-bond donors (Lipinski definition) is 2.